The van der Waals surface area contributed by atoms with Gasteiger partial charge in [-0.3, -0.25) is 0 Å². The number of rotatable bonds is 2. The fourth-order valence-electron chi connectivity index (χ4n) is 13.6. The van der Waals surface area contributed by atoms with Gasteiger partial charge in [0, 0.05) is 59.5 Å². The van der Waals surface area contributed by atoms with E-state index in [1.807, 2.05) is 11.3 Å². The molecule has 1 saturated carbocycles. The zero-order valence-electron chi connectivity index (χ0n) is 41.4. The molecule has 65 heavy (non-hydrogen) atoms. The monoisotopic (exact) mass is 871 g/mol. The lowest BCUT2D eigenvalue weighted by molar-refractivity contribution is 0.195. The lowest BCUT2D eigenvalue weighted by Gasteiger charge is -2.53. The second-order valence-corrected chi connectivity index (χ2v) is 25.9. The third-order valence-corrected chi connectivity index (χ3v) is 19.0. The number of fused-ring (bicyclic) bond motifs is 12. The minimum absolute atomic E-state index is 0.000909. The van der Waals surface area contributed by atoms with Crippen molar-refractivity contribution in [3.8, 4) is 22.3 Å². The highest BCUT2D eigenvalue weighted by molar-refractivity contribution is 7.26. The summed E-state index contributed by atoms with van der Waals surface area (Å²) in [7, 11) is 0. The van der Waals surface area contributed by atoms with Gasteiger partial charge in [-0.25, -0.2) is 0 Å². The molecule has 6 aromatic carbocycles. The minimum atomic E-state index is -0.0393. The van der Waals surface area contributed by atoms with Crippen molar-refractivity contribution in [2.45, 2.75) is 161 Å². The smallest absolute Gasteiger partial charge is 0.333 e. The number of benzene rings is 6. The number of aryl methyl sites for hydroxylation is 1. The van der Waals surface area contributed by atoms with Gasteiger partial charge in [0.05, 0.1) is 5.54 Å². The highest BCUT2D eigenvalue weighted by atomic mass is 32.1. The lowest BCUT2D eigenvalue weighted by Crippen LogP contribution is -2.64. The summed E-state index contributed by atoms with van der Waals surface area (Å²) >= 11 is 2.04. The van der Waals surface area contributed by atoms with Crippen LogP contribution >= 0.6 is 11.3 Å². The van der Waals surface area contributed by atoms with Crippen molar-refractivity contribution < 1.29 is 0 Å². The molecule has 2 unspecified atom stereocenters. The van der Waals surface area contributed by atoms with Gasteiger partial charge in [0.25, 0.3) is 0 Å². The van der Waals surface area contributed by atoms with Crippen molar-refractivity contribution in [1.82, 2.24) is 0 Å². The summed E-state index contributed by atoms with van der Waals surface area (Å²) < 4.78 is 2.84. The van der Waals surface area contributed by atoms with Gasteiger partial charge in [0.2, 0.25) is 0 Å². The molecule has 12 rings (SSSR count). The lowest BCUT2D eigenvalue weighted by atomic mass is 9.43. The second-order valence-electron chi connectivity index (χ2n) is 24.8. The van der Waals surface area contributed by atoms with Gasteiger partial charge in [-0.05, 0) is 153 Å². The molecule has 5 aliphatic rings. The van der Waals surface area contributed by atoms with Crippen molar-refractivity contribution in [2.24, 2.45) is 0 Å². The van der Waals surface area contributed by atoms with Crippen molar-refractivity contribution in [1.29, 1.82) is 0 Å². The number of anilines is 4. The zero-order chi connectivity index (χ0) is 45.5. The molecule has 0 bridgehead atoms. The van der Waals surface area contributed by atoms with Crippen LogP contribution in [0.5, 0.6) is 0 Å². The number of hydrogen-bond donors (Lipinski definition) is 0. The van der Waals surface area contributed by atoms with E-state index in [0.717, 1.165) is 0 Å². The van der Waals surface area contributed by atoms with Gasteiger partial charge < -0.3 is 9.71 Å². The maximum Gasteiger partial charge on any atom is 0.333 e. The Kier molecular flexibility index (Phi) is 8.46. The molecule has 0 radical (unpaired) electrons. The van der Waals surface area contributed by atoms with Crippen LogP contribution in [0.2, 0.25) is 0 Å². The number of nitrogens with zero attached hydrogens (tertiary/aromatic N) is 2. The molecule has 3 aliphatic heterocycles. The largest absolute Gasteiger partial charge is 0.376 e. The molecule has 2 atom stereocenters. The van der Waals surface area contributed by atoms with Crippen LogP contribution < -0.4 is 20.6 Å². The maximum absolute atomic E-state index is 2.92. The highest BCUT2D eigenvalue weighted by Gasteiger charge is 2.62. The molecule has 2 nitrogen and oxygen atoms in total. The number of hydrogen-bond acceptors (Lipinski definition) is 3. The van der Waals surface area contributed by atoms with Crippen LogP contribution in [0.3, 0.4) is 0 Å². The van der Waals surface area contributed by atoms with E-state index in [1.54, 1.807) is 16.7 Å². The number of thiophene rings is 1. The summed E-state index contributed by atoms with van der Waals surface area (Å²) in [5.74, 6) is 0. The molecule has 4 heteroatoms. The summed E-state index contributed by atoms with van der Waals surface area (Å²) in [4.78, 5) is 5.75. The standard InChI is InChI=1S/C61H67BN2S/c1-36-29-43-52-49(24-22-40-42-34-44-45(35-51(42)65-55(40)52)59(10,11)28-27-58(44,8)9)64(48-23-21-38(56(2,3)4)31-41(48)37-19-15-14-16-20-37)62-47-33-39(57(5,6)7)32-46-54(47)63(50(30-36)53(43)62)61(13)26-18-17-25-60(46,61)12/h14-16,19-24,29-35H,17-18,25-28H2,1-13H3. The molecule has 1 aromatic heterocycles. The predicted molar refractivity (Wildman–Crippen MR) is 284 cm³/mol. The average Bonchev–Trinajstić information content (AvgIpc) is 3.72. The van der Waals surface area contributed by atoms with Gasteiger partial charge in [-0.2, -0.15) is 0 Å². The topological polar surface area (TPSA) is 6.48 Å². The summed E-state index contributed by atoms with van der Waals surface area (Å²) in [6, 6.07) is 39.4. The summed E-state index contributed by atoms with van der Waals surface area (Å²) in [5.41, 5.74) is 22.9. The Labute approximate surface area is 393 Å². The third kappa shape index (κ3) is 5.59. The van der Waals surface area contributed by atoms with E-state index in [0.29, 0.717) is 0 Å². The maximum atomic E-state index is 2.92. The van der Waals surface area contributed by atoms with Crippen molar-refractivity contribution in [2.75, 3.05) is 9.71 Å². The van der Waals surface area contributed by atoms with Gasteiger partial charge in [0.1, 0.15) is 0 Å². The van der Waals surface area contributed by atoms with Crippen LogP contribution in [0.4, 0.5) is 22.7 Å². The third-order valence-electron chi connectivity index (χ3n) is 17.8. The summed E-state index contributed by atoms with van der Waals surface area (Å²) in [6.07, 6.45) is 7.40. The molecular weight excluding hydrogens is 804 g/mol. The molecular formula is C61H67BN2S. The first-order chi connectivity index (χ1) is 30.6. The van der Waals surface area contributed by atoms with Crippen LogP contribution in [-0.4, -0.2) is 12.4 Å². The van der Waals surface area contributed by atoms with Crippen molar-refractivity contribution in [3.63, 3.8) is 0 Å². The fraction of sp³-hybridized carbons (Fsp3) is 0.410. The van der Waals surface area contributed by atoms with E-state index in [2.05, 4.69) is 197 Å². The Morgan fingerprint density at radius 3 is 1.97 bits per heavy atom. The van der Waals surface area contributed by atoms with E-state index >= 15 is 0 Å². The van der Waals surface area contributed by atoms with Crippen LogP contribution in [0.25, 0.3) is 42.4 Å². The Morgan fingerprint density at radius 2 is 1.26 bits per heavy atom. The van der Waals surface area contributed by atoms with E-state index in [1.165, 1.54) is 131 Å². The fourth-order valence-corrected chi connectivity index (χ4v) is 14.9. The first-order valence-electron chi connectivity index (χ1n) is 24.8. The molecule has 330 valence electrons. The van der Waals surface area contributed by atoms with E-state index in [4.69, 9.17) is 0 Å². The second kappa shape index (κ2) is 13.2. The first-order valence-corrected chi connectivity index (χ1v) is 25.6. The van der Waals surface area contributed by atoms with Gasteiger partial charge in [0.15, 0.2) is 0 Å². The molecule has 0 N–H and O–H groups in total. The van der Waals surface area contributed by atoms with Crippen LogP contribution in [0, 0.1) is 6.92 Å². The summed E-state index contributed by atoms with van der Waals surface area (Å²) in [6.45, 7) is 31.8. The Bertz CT molecular complexity index is 3190. The van der Waals surface area contributed by atoms with Gasteiger partial charge >= 0.3 is 6.85 Å². The van der Waals surface area contributed by atoms with Crippen LogP contribution in [-0.2, 0) is 27.1 Å². The van der Waals surface area contributed by atoms with Gasteiger partial charge in [-0.15, -0.1) is 11.3 Å². The minimum Gasteiger partial charge on any atom is -0.376 e. The normalized spacial score (nSPS) is 22.4. The quantitative estimate of drug-likeness (QED) is 0.160. The molecule has 1 fully saturated rings. The molecule has 0 saturated heterocycles. The van der Waals surface area contributed by atoms with Gasteiger partial charge in [-0.1, -0.05) is 150 Å². The molecule has 4 heterocycles. The SMILES string of the molecule is Cc1cc2c3c(c1)N1c4c(cc(C(C)(C)C)cc4C4(C)CCCCC14C)B3N(c1ccc(C(C)(C)C)cc1-c1ccccc1)c1ccc3c(sc4cc5c(cc43)C(C)(C)CCC5(C)C)c1-2. The molecule has 0 amide bonds. The predicted octanol–water partition coefficient (Wildman–Crippen LogP) is 16.0. The Morgan fingerprint density at radius 1 is 0.585 bits per heavy atom. The Balaban J connectivity index is 1.24. The molecule has 0 spiro atoms. The molecule has 7 aromatic rings. The molecule has 2 aliphatic carbocycles. The highest BCUT2D eigenvalue weighted by Crippen LogP contribution is 2.63. The Hall–Kier alpha value is -4.80. The van der Waals surface area contributed by atoms with Crippen molar-refractivity contribution >= 4 is 72.0 Å². The summed E-state index contributed by atoms with van der Waals surface area (Å²) in [5, 5.41) is 2.81. The van der Waals surface area contributed by atoms with E-state index in [-0.39, 0.29) is 39.5 Å². The van der Waals surface area contributed by atoms with Crippen molar-refractivity contribution in [3.05, 3.63) is 130 Å². The van der Waals surface area contributed by atoms with Crippen LogP contribution in [0.15, 0.2) is 97.1 Å². The first kappa shape index (κ1) is 41.6. The van der Waals surface area contributed by atoms with E-state index < -0.39 is 0 Å². The van der Waals surface area contributed by atoms with E-state index in [9.17, 15) is 0 Å². The average molecular weight is 871 g/mol. The van der Waals surface area contributed by atoms with Crippen LogP contribution in [0.1, 0.15) is 155 Å². The zero-order valence-corrected chi connectivity index (χ0v) is 42.2.